The van der Waals surface area contributed by atoms with Crippen LogP contribution in [0.5, 0.6) is 5.75 Å². The number of nitrogens with one attached hydrogen (secondary N) is 2. The minimum atomic E-state index is -3.99. The van der Waals surface area contributed by atoms with E-state index in [9.17, 15) is 13.2 Å². The van der Waals surface area contributed by atoms with E-state index in [0.717, 1.165) is 11.5 Å². The lowest BCUT2D eigenvalue weighted by Crippen LogP contribution is -2.15. The Hall–Kier alpha value is -3.24. The Bertz CT molecular complexity index is 1540. The second-order valence-electron chi connectivity index (χ2n) is 9.15. The first-order valence-electron chi connectivity index (χ1n) is 12.0. The number of sulfonamides is 1. The van der Waals surface area contributed by atoms with Crippen molar-refractivity contribution in [3.05, 3.63) is 64.0 Å². The molecule has 188 valence electrons. The number of hydrogen-bond donors (Lipinski definition) is 2. The van der Waals surface area contributed by atoms with Gasteiger partial charge in [0.05, 0.1) is 30.0 Å². The highest BCUT2D eigenvalue weighted by molar-refractivity contribution is 7.92. The summed E-state index contributed by atoms with van der Waals surface area (Å²) < 4.78 is 34.1. The van der Waals surface area contributed by atoms with Crippen LogP contribution in [0.3, 0.4) is 0 Å². The molecule has 8 nitrogen and oxygen atoms in total. The molecule has 0 saturated heterocycles. The topological polar surface area (TPSA) is 114 Å². The summed E-state index contributed by atoms with van der Waals surface area (Å²) in [6, 6.07) is 11.3. The molecule has 0 bridgehead atoms. The molecular weight excluding hydrogens is 496 g/mol. The average Bonchev–Trinajstić information content (AvgIpc) is 3.40. The van der Waals surface area contributed by atoms with Crippen LogP contribution in [0.2, 0.25) is 0 Å². The van der Waals surface area contributed by atoms with Crippen molar-refractivity contribution in [2.45, 2.75) is 50.0 Å². The third-order valence-electron chi connectivity index (χ3n) is 7.02. The fraction of sp³-hybridized carbons (Fsp3) is 0.346. The zero-order chi connectivity index (χ0) is 25.3. The lowest BCUT2D eigenvalue weighted by molar-refractivity contribution is 0.319. The zero-order valence-electron chi connectivity index (χ0n) is 20.2. The van der Waals surface area contributed by atoms with Gasteiger partial charge in [-0.05, 0) is 55.2 Å². The van der Waals surface area contributed by atoms with Crippen LogP contribution < -0.4 is 15.0 Å². The van der Waals surface area contributed by atoms with Gasteiger partial charge in [-0.1, -0.05) is 37.6 Å². The zero-order valence-corrected chi connectivity index (χ0v) is 21.8. The summed E-state index contributed by atoms with van der Waals surface area (Å²) in [5.41, 5.74) is 2.42. The first-order valence-corrected chi connectivity index (χ1v) is 14.4. The van der Waals surface area contributed by atoms with E-state index in [1.807, 2.05) is 12.1 Å². The lowest BCUT2D eigenvalue weighted by atomic mass is 9.78. The summed E-state index contributed by atoms with van der Waals surface area (Å²) in [5.74, 6) is 1.67. The Balaban J connectivity index is 1.35. The average molecular weight is 525 g/mol. The van der Waals surface area contributed by atoms with E-state index in [-0.39, 0.29) is 22.0 Å². The van der Waals surface area contributed by atoms with Gasteiger partial charge in [0.15, 0.2) is 5.03 Å². The van der Waals surface area contributed by atoms with Crippen LogP contribution in [-0.4, -0.2) is 30.5 Å². The second kappa shape index (κ2) is 10.0. The molecule has 36 heavy (non-hydrogen) atoms. The quantitative estimate of drug-likeness (QED) is 0.328. The van der Waals surface area contributed by atoms with Gasteiger partial charge in [0, 0.05) is 10.9 Å². The number of ether oxygens (including phenoxy) is 1. The molecule has 2 aromatic carbocycles. The molecule has 0 aliphatic heterocycles. The SMILES string of the molecule is CC[C@H]1CC[C@H](c2ccc(-c3nc(S(=O)(=O)Nc4cc5nc[nH]c(=O)c5cc4OC)cs3)cc2)CC1. The van der Waals surface area contributed by atoms with Gasteiger partial charge in [-0.15, -0.1) is 11.3 Å². The number of rotatable bonds is 7. The van der Waals surface area contributed by atoms with Crippen molar-refractivity contribution < 1.29 is 13.2 Å². The molecule has 1 aliphatic carbocycles. The number of aromatic amines is 1. The number of methoxy groups -OCH3 is 1. The standard InChI is InChI=1S/C26H28N4O4S2/c1-3-16-4-6-17(7-5-16)18-8-10-19(11-9-18)26-29-24(14-35-26)36(32,33)30-22-13-21-20(12-23(22)34-2)25(31)28-15-27-21/h8-17,30H,3-7H2,1-2H3,(H,27,28,31)/t16-,17-. The van der Waals surface area contributed by atoms with Crippen LogP contribution >= 0.6 is 11.3 Å². The smallest absolute Gasteiger partial charge is 0.280 e. The van der Waals surface area contributed by atoms with Crippen LogP contribution in [-0.2, 0) is 10.0 Å². The normalized spacial score (nSPS) is 18.3. The van der Waals surface area contributed by atoms with Gasteiger partial charge in [-0.25, -0.2) is 9.97 Å². The van der Waals surface area contributed by atoms with E-state index in [4.69, 9.17) is 4.74 Å². The van der Waals surface area contributed by atoms with Gasteiger partial charge >= 0.3 is 0 Å². The fourth-order valence-electron chi connectivity index (χ4n) is 4.86. The highest BCUT2D eigenvalue weighted by Gasteiger charge is 2.23. The molecule has 0 amide bonds. The lowest BCUT2D eigenvalue weighted by Gasteiger charge is -2.28. The Morgan fingerprint density at radius 1 is 1.14 bits per heavy atom. The molecule has 1 fully saturated rings. The monoisotopic (exact) mass is 524 g/mol. The van der Waals surface area contributed by atoms with Crippen LogP contribution in [0.25, 0.3) is 21.5 Å². The Morgan fingerprint density at radius 2 is 1.89 bits per heavy atom. The third-order valence-corrected chi connectivity index (χ3v) is 9.31. The van der Waals surface area contributed by atoms with Gasteiger partial charge in [0.25, 0.3) is 15.6 Å². The molecular formula is C26H28N4O4S2. The minimum absolute atomic E-state index is 0.0783. The largest absolute Gasteiger partial charge is 0.495 e. The van der Waals surface area contributed by atoms with Crippen LogP contribution in [0.4, 0.5) is 5.69 Å². The van der Waals surface area contributed by atoms with Crippen LogP contribution in [0, 0.1) is 5.92 Å². The van der Waals surface area contributed by atoms with E-state index < -0.39 is 10.0 Å². The van der Waals surface area contributed by atoms with E-state index in [0.29, 0.717) is 21.8 Å². The molecule has 0 unspecified atom stereocenters. The Labute approximate surface area is 213 Å². The van der Waals surface area contributed by atoms with Crippen LogP contribution in [0.1, 0.15) is 50.5 Å². The van der Waals surface area contributed by atoms with Crippen molar-refractivity contribution in [3.63, 3.8) is 0 Å². The molecule has 4 aromatic rings. The maximum Gasteiger partial charge on any atom is 0.280 e. The summed E-state index contributed by atoms with van der Waals surface area (Å²) in [7, 11) is -2.58. The van der Waals surface area contributed by atoms with Gasteiger partial charge in [0.1, 0.15) is 10.8 Å². The van der Waals surface area contributed by atoms with E-state index >= 15 is 0 Å². The molecule has 5 rings (SSSR count). The summed E-state index contributed by atoms with van der Waals surface area (Å²) >= 11 is 1.28. The molecule has 10 heteroatoms. The van der Waals surface area contributed by atoms with Crippen molar-refractivity contribution in [2.24, 2.45) is 5.92 Å². The molecule has 2 N–H and O–H groups in total. The fourth-order valence-corrected chi connectivity index (χ4v) is 7.02. The molecule has 2 heterocycles. The van der Waals surface area contributed by atoms with E-state index in [1.54, 1.807) is 0 Å². The first-order chi connectivity index (χ1) is 17.4. The highest BCUT2D eigenvalue weighted by Crippen LogP contribution is 2.38. The van der Waals surface area contributed by atoms with E-state index in [1.165, 1.54) is 80.0 Å². The number of hydrogen-bond acceptors (Lipinski definition) is 7. The maximum atomic E-state index is 13.1. The maximum absolute atomic E-state index is 13.1. The molecule has 2 aromatic heterocycles. The van der Waals surface area contributed by atoms with Crippen molar-refractivity contribution >= 4 is 38.0 Å². The van der Waals surface area contributed by atoms with Crippen LogP contribution in [0.15, 0.2) is 57.9 Å². The molecule has 1 aliphatic rings. The van der Waals surface area contributed by atoms with Gasteiger partial charge in [-0.2, -0.15) is 8.42 Å². The summed E-state index contributed by atoms with van der Waals surface area (Å²) in [5, 5.41) is 2.38. The summed E-state index contributed by atoms with van der Waals surface area (Å²) in [6.07, 6.45) is 7.57. The molecule has 1 saturated carbocycles. The minimum Gasteiger partial charge on any atom is -0.495 e. The third kappa shape index (κ3) is 4.87. The summed E-state index contributed by atoms with van der Waals surface area (Å²) in [6.45, 7) is 2.27. The Morgan fingerprint density at radius 3 is 2.58 bits per heavy atom. The summed E-state index contributed by atoms with van der Waals surface area (Å²) in [4.78, 5) is 23.0. The molecule has 0 atom stereocenters. The van der Waals surface area contributed by atoms with Gasteiger partial charge in [0.2, 0.25) is 0 Å². The van der Waals surface area contributed by atoms with Crippen molar-refractivity contribution in [1.82, 2.24) is 15.0 Å². The number of anilines is 1. The predicted octanol–water partition coefficient (Wildman–Crippen LogP) is 5.54. The number of fused-ring (bicyclic) bond motifs is 1. The highest BCUT2D eigenvalue weighted by atomic mass is 32.2. The van der Waals surface area contributed by atoms with Crippen molar-refractivity contribution in [1.29, 1.82) is 0 Å². The number of H-pyrrole nitrogens is 1. The van der Waals surface area contributed by atoms with E-state index in [2.05, 4.69) is 38.7 Å². The number of benzene rings is 2. The van der Waals surface area contributed by atoms with Crippen molar-refractivity contribution in [3.8, 4) is 16.3 Å². The number of aromatic nitrogens is 3. The van der Waals surface area contributed by atoms with Gasteiger partial charge < -0.3 is 9.72 Å². The van der Waals surface area contributed by atoms with Crippen molar-refractivity contribution in [2.75, 3.05) is 11.8 Å². The molecule has 0 spiro atoms. The molecule has 0 radical (unpaired) electrons. The predicted molar refractivity (Wildman–Crippen MR) is 142 cm³/mol. The number of thiazole rings is 1. The number of nitrogens with zero attached hydrogens (tertiary/aromatic N) is 2. The van der Waals surface area contributed by atoms with Gasteiger partial charge in [-0.3, -0.25) is 9.52 Å². The second-order valence-corrected chi connectivity index (χ2v) is 11.6. The first kappa shape index (κ1) is 24.5. The Kier molecular flexibility index (Phi) is 6.81.